The number of rotatable bonds is 3. The van der Waals surface area contributed by atoms with E-state index in [1.807, 2.05) is 0 Å². The maximum atomic E-state index is 10.4. The van der Waals surface area contributed by atoms with Crippen LogP contribution in [0.15, 0.2) is 11.6 Å². The maximum absolute atomic E-state index is 10.4. The summed E-state index contributed by atoms with van der Waals surface area (Å²) in [7, 11) is 0. The molecule has 74 valence electrons. The van der Waals surface area contributed by atoms with Gasteiger partial charge in [-0.05, 0) is 39.2 Å². The highest BCUT2D eigenvalue weighted by atomic mass is 16.5. The Morgan fingerprint density at radius 1 is 1.54 bits per heavy atom. The molecule has 0 atom stereocenters. The zero-order valence-corrected chi connectivity index (χ0v) is 8.21. The lowest BCUT2D eigenvalue weighted by atomic mass is 9.92. The van der Waals surface area contributed by atoms with Gasteiger partial charge in [0, 0.05) is 0 Å². The van der Waals surface area contributed by atoms with Crippen LogP contribution in [0, 0.1) is 0 Å². The van der Waals surface area contributed by atoms with Gasteiger partial charge in [0.15, 0.2) is 5.78 Å². The molecule has 1 rings (SSSR count). The van der Waals surface area contributed by atoms with Crippen molar-refractivity contribution >= 4 is 12.3 Å². The first-order chi connectivity index (χ1) is 6.20. The molecule has 1 saturated carbocycles. The first-order valence-corrected chi connectivity index (χ1v) is 4.46. The molecule has 0 aliphatic heterocycles. The first kappa shape index (κ1) is 11.9. The summed E-state index contributed by atoms with van der Waals surface area (Å²) in [6.07, 6.45) is 5.34. The van der Waals surface area contributed by atoms with Gasteiger partial charge in [0.1, 0.15) is 0 Å². The molecule has 0 saturated heterocycles. The maximum Gasteiger partial charge on any atom is 0.293 e. The monoisotopic (exact) mass is 184 g/mol. The average molecular weight is 184 g/mol. The fraction of sp³-hybridized carbons (Fsp3) is 0.600. The Balaban J connectivity index is 0.000000252. The van der Waals surface area contributed by atoms with Crippen molar-refractivity contribution in [2.24, 2.45) is 0 Å². The fourth-order valence-corrected chi connectivity index (χ4v) is 0.881. The summed E-state index contributed by atoms with van der Waals surface area (Å²) in [6, 6.07) is 0. The Morgan fingerprint density at radius 2 is 2.15 bits per heavy atom. The Bertz CT molecular complexity index is 188. The van der Waals surface area contributed by atoms with E-state index in [1.165, 1.54) is 12.0 Å². The highest BCUT2D eigenvalue weighted by Gasteiger charge is 2.07. The number of allylic oxidation sites excluding steroid dienone is 2. The topological polar surface area (TPSA) is 43.4 Å². The molecule has 0 spiro atoms. The third-order valence-electron chi connectivity index (χ3n) is 1.64. The van der Waals surface area contributed by atoms with Gasteiger partial charge in [-0.25, -0.2) is 0 Å². The minimum absolute atomic E-state index is 0.194. The summed E-state index contributed by atoms with van der Waals surface area (Å²) >= 11 is 0. The van der Waals surface area contributed by atoms with E-state index in [2.05, 4.69) is 4.74 Å². The van der Waals surface area contributed by atoms with Gasteiger partial charge in [0.2, 0.25) is 0 Å². The van der Waals surface area contributed by atoms with Crippen LogP contribution in [0.1, 0.15) is 33.1 Å². The van der Waals surface area contributed by atoms with Crippen LogP contribution in [0.2, 0.25) is 0 Å². The molecule has 3 heteroatoms. The number of ether oxygens (including phenoxy) is 1. The van der Waals surface area contributed by atoms with Gasteiger partial charge in [0.05, 0.1) is 6.61 Å². The van der Waals surface area contributed by atoms with Crippen LogP contribution in [0.25, 0.3) is 0 Å². The van der Waals surface area contributed by atoms with E-state index in [0.29, 0.717) is 13.1 Å². The quantitative estimate of drug-likeness (QED) is 0.496. The third-order valence-corrected chi connectivity index (χ3v) is 1.64. The van der Waals surface area contributed by atoms with E-state index in [4.69, 9.17) is 0 Å². The molecule has 0 aromatic rings. The largest absolute Gasteiger partial charge is 0.468 e. The van der Waals surface area contributed by atoms with Crippen molar-refractivity contribution < 1.29 is 14.3 Å². The molecule has 3 nitrogen and oxygen atoms in total. The van der Waals surface area contributed by atoms with E-state index in [-0.39, 0.29) is 5.78 Å². The van der Waals surface area contributed by atoms with E-state index in [9.17, 15) is 9.59 Å². The van der Waals surface area contributed by atoms with Crippen molar-refractivity contribution in [1.82, 2.24) is 0 Å². The number of hydrogen-bond acceptors (Lipinski definition) is 3. The van der Waals surface area contributed by atoms with E-state index >= 15 is 0 Å². The predicted octanol–water partition coefficient (Wildman–Crippen LogP) is 1.86. The minimum Gasteiger partial charge on any atom is -0.468 e. The third kappa shape index (κ3) is 7.25. The lowest BCUT2D eigenvalue weighted by molar-refractivity contribution is -0.128. The summed E-state index contributed by atoms with van der Waals surface area (Å²) < 4.78 is 4.15. The Morgan fingerprint density at radius 3 is 2.23 bits per heavy atom. The van der Waals surface area contributed by atoms with Crippen molar-refractivity contribution in [3.8, 4) is 0 Å². The zero-order valence-electron chi connectivity index (χ0n) is 8.21. The normalized spacial score (nSPS) is 13.2. The lowest BCUT2D eigenvalue weighted by Crippen LogP contribution is -1.98. The molecule has 0 heterocycles. The van der Waals surface area contributed by atoms with Crippen LogP contribution in [0.5, 0.6) is 0 Å². The molecule has 1 fully saturated rings. The Labute approximate surface area is 78.8 Å². The van der Waals surface area contributed by atoms with Gasteiger partial charge in [-0.3, -0.25) is 9.59 Å². The number of ketones is 1. The second kappa shape index (κ2) is 7.53. The molecule has 0 aromatic carbocycles. The molecular weight excluding hydrogens is 168 g/mol. The Hall–Kier alpha value is -1.12. The minimum atomic E-state index is 0.194. The molecule has 0 bridgehead atoms. The van der Waals surface area contributed by atoms with Crippen LogP contribution >= 0.6 is 0 Å². The van der Waals surface area contributed by atoms with Crippen molar-refractivity contribution in [1.29, 1.82) is 0 Å². The Kier molecular flexibility index (Phi) is 6.88. The number of carbonyl (C=O) groups is 2. The SMILES string of the molecule is CC(=O)C=C1CCC1.CCOC=O. The molecule has 0 N–H and O–H groups in total. The fourth-order valence-electron chi connectivity index (χ4n) is 0.881. The molecule has 13 heavy (non-hydrogen) atoms. The smallest absolute Gasteiger partial charge is 0.293 e. The van der Waals surface area contributed by atoms with Gasteiger partial charge in [-0.1, -0.05) is 5.57 Å². The highest BCUT2D eigenvalue weighted by Crippen LogP contribution is 2.24. The molecule has 0 radical (unpaired) electrons. The van der Waals surface area contributed by atoms with Gasteiger partial charge < -0.3 is 4.74 Å². The van der Waals surface area contributed by atoms with E-state index in [1.54, 1.807) is 19.9 Å². The van der Waals surface area contributed by atoms with Crippen LogP contribution in [-0.4, -0.2) is 18.9 Å². The number of carbonyl (C=O) groups excluding carboxylic acids is 2. The second-order valence-corrected chi connectivity index (χ2v) is 2.82. The number of hydrogen-bond donors (Lipinski definition) is 0. The predicted molar refractivity (Wildman–Crippen MR) is 50.3 cm³/mol. The summed E-state index contributed by atoms with van der Waals surface area (Å²) in [5.74, 6) is 0.194. The van der Waals surface area contributed by atoms with Crippen molar-refractivity contribution in [3.05, 3.63) is 11.6 Å². The van der Waals surface area contributed by atoms with E-state index < -0.39 is 0 Å². The molecule has 0 aromatic heterocycles. The van der Waals surface area contributed by atoms with Gasteiger partial charge in [0.25, 0.3) is 6.47 Å². The van der Waals surface area contributed by atoms with Crippen LogP contribution in [-0.2, 0) is 14.3 Å². The first-order valence-electron chi connectivity index (χ1n) is 4.46. The van der Waals surface area contributed by atoms with Gasteiger partial charge >= 0.3 is 0 Å². The summed E-state index contributed by atoms with van der Waals surface area (Å²) in [6.45, 7) is 4.27. The molecule has 1 aliphatic carbocycles. The van der Waals surface area contributed by atoms with Crippen LogP contribution < -0.4 is 0 Å². The van der Waals surface area contributed by atoms with Crippen molar-refractivity contribution in [2.45, 2.75) is 33.1 Å². The van der Waals surface area contributed by atoms with Crippen molar-refractivity contribution in [2.75, 3.05) is 6.61 Å². The summed E-state index contributed by atoms with van der Waals surface area (Å²) in [5, 5.41) is 0. The van der Waals surface area contributed by atoms with Gasteiger partial charge in [-0.2, -0.15) is 0 Å². The van der Waals surface area contributed by atoms with Crippen molar-refractivity contribution in [3.63, 3.8) is 0 Å². The summed E-state index contributed by atoms with van der Waals surface area (Å²) in [5.41, 5.74) is 1.33. The van der Waals surface area contributed by atoms with Crippen LogP contribution in [0.3, 0.4) is 0 Å². The molecule has 0 amide bonds. The van der Waals surface area contributed by atoms with E-state index in [0.717, 1.165) is 12.8 Å². The summed E-state index contributed by atoms with van der Waals surface area (Å²) in [4.78, 5) is 19.6. The second-order valence-electron chi connectivity index (χ2n) is 2.82. The van der Waals surface area contributed by atoms with Crippen LogP contribution in [0.4, 0.5) is 0 Å². The molecular formula is C10H16O3. The lowest BCUT2D eigenvalue weighted by Gasteiger charge is -2.14. The highest BCUT2D eigenvalue weighted by molar-refractivity contribution is 5.88. The molecule has 0 unspecified atom stereocenters. The van der Waals surface area contributed by atoms with Gasteiger partial charge in [-0.15, -0.1) is 0 Å². The zero-order chi connectivity index (χ0) is 10.1. The standard InChI is InChI=1S/C7H10O.C3H6O2/c1-6(8)5-7-3-2-4-7;1-2-5-3-4/h5H,2-4H2,1H3;3H,2H2,1H3. The molecule has 1 aliphatic rings. The average Bonchev–Trinajstić information content (AvgIpc) is 2.00.